The highest BCUT2D eigenvalue weighted by Gasteiger charge is 2.10. The van der Waals surface area contributed by atoms with Crippen LogP contribution in [-0.4, -0.2) is 29.6 Å². The maximum atomic E-state index is 12.0. The van der Waals surface area contributed by atoms with Crippen LogP contribution in [0.3, 0.4) is 0 Å². The SMILES string of the molecule is CCCCCCC(=O)N(C)Cc1cc(C#CCCO)cs1. The Labute approximate surface area is 132 Å². The minimum absolute atomic E-state index is 0.0965. The Kier molecular flexibility index (Phi) is 8.80. The number of carbonyl (C=O) groups is 1. The van der Waals surface area contributed by atoms with E-state index in [0.717, 1.165) is 23.3 Å². The molecule has 116 valence electrons. The highest BCUT2D eigenvalue weighted by Crippen LogP contribution is 2.16. The first kappa shape index (κ1) is 17.7. The minimum Gasteiger partial charge on any atom is -0.395 e. The molecule has 3 nitrogen and oxygen atoms in total. The van der Waals surface area contributed by atoms with E-state index in [-0.39, 0.29) is 12.5 Å². The molecule has 0 aliphatic heterocycles. The van der Waals surface area contributed by atoms with Crippen LogP contribution in [0.15, 0.2) is 11.4 Å². The van der Waals surface area contributed by atoms with E-state index in [4.69, 9.17) is 5.11 Å². The van der Waals surface area contributed by atoms with Crippen molar-refractivity contribution in [1.82, 2.24) is 4.90 Å². The Morgan fingerprint density at radius 3 is 2.90 bits per heavy atom. The van der Waals surface area contributed by atoms with Gasteiger partial charge in [0, 0.05) is 35.7 Å². The number of carbonyl (C=O) groups excluding carboxylic acids is 1. The van der Waals surface area contributed by atoms with Gasteiger partial charge in [0.05, 0.1) is 13.2 Å². The summed E-state index contributed by atoms with van der Waals surface area (Å²) < 4.78 is 0. The molecule has 0 atom stereocenters. The molecular formula is C17H25NO2S. The Morgan fingerprint density at radius 1 is 1.38 bits per heavy atom. The van der Waals surface area contributed by atoms with Crippen LogP contribution in [-0.2, 0) is 11.3 Å². The topological polar surface area (TPSA) is 40.5 Å². The van der Waals surface area contributed by atoms with Gasteiger partial charge in [0.2, 0.25) is 5.91 Å². The quantitative estimate of drug-likeness (QED) is 0.590. The largest absolute Gasteiger partial charge is 0.395 e. The number of aliphatic hydroxyl groups is 1. The smallest absolute Gasteiger partial charge is 0.222 e. The average molecular weight is 307 g/mol. The van der Waals surface area contributed by atoms with Gasteiger partial charge >= 0.3 is 0 Å². The van der Waals surface area contributed by atoms with Crippen molar-refractivity contribution in [2.24, 2.45) is 0 Å². The Balaban J connectivity index is 2.38. The molecule has 0 saturated carbocycles. The average Bonchev–Trinajstić information content (AvgIpc) is 2.91. The summed E-state index contributed by atoms with van der Waals surface area (Å²) in [5, 5.41) is 10.7. The Bertz CT molecular complexity index is 484. The summed E-state index contributed by atoms with van der Waals surface area (Å²) in [5.74, 6) is 6.14. The van der Waals surface area contributed by atoms with Gasteiger partial charge in [-0.05, 0) is 12.5 Å². The van der Waals surface area contributed by atoms with Gasteiger partial charge in [-0.2, -0.15) is 0 Å². The van der Waals surface area contributed by atoms with Crippen LogP contribution in [0.2, 0.25) is 0 Å². The summed E-state index contributed by atoms with van der Waals surface area (Å²) >= 11 is 1.63. The standard InChI is InChI=1S/C17H25NO2S/c1-3-4-5-6-10-17(20)18(2)13-16-12-15(14-21-16)9-7-8-11-19/h12,14,19H,3-6,8,10-11,13H2,1-2H3. The molecule has 0 radical (unpaired) electrons. The van der Waals surface area contributed by atoms with Crippen LogP contribution in [0.5, 0.6) is 0 Å². The summed E-state index contributed by atoms with van der Waals surface area (Å²) in [6.07, 6.45) is 5.67. The van der Waals surface area contributed by atoms with E-state index in [0.29, 0.717) is 19.4 Å². The fourth-order valence-electron chi connectivity index (χ4n) is 1.97. The fourth-order valence-corrected chi connectivity index (χ4v) is 2.83. The number of hydrogen-bond donors (Lipinski definition) is 1. The lowest BCUT2D eigenvalue weighted by molar-refractivity contribution is -0.130. The van der Waals surface area contributed by atoms with Crippen molar-refractivity contribution in [2.75, 3.05) is 13.7 Å². The Hall–Kier alpha value is -1.31. The van der Waals surface area contributed by atoms with Gasteiger partial charge in [-0.25, -0.2) is 0 Å². The molecule has 4 heteroatoms. The molecule has 0 saturated heterocycles. The second kappa shape index (κ2) is 10.4. The zero-order chi connectivity index (χ0) is 15.5. The van der Waals surface area contributed by atoms with Crippen molar-refractivity contribution < 1.29 is 9.90 Å². The summed E-state index contributed by atoms with van der Waals surface area (Å²) in [6, 6.07) is 2.02. The molecular weight excluding hydrogens is 282 g/mol. The lowest BCUT2D eigenvalue weighted by Crippen LogP contribution is -2.25. The zero-order valence-electron chi connectivity index (χ0n) is 13.0. The fraction of sp³-hybridized carbons (Fsp3) is 0.588. The lowest BCUT2D eigenvalue weighted by Gasteiger charge is -2.16. The normalized spacial score (nSPS) is 10.0. The second-order valence-corrected chi connectivity index (χ2v) is 6.13. The number of rotatable bonds is 8. The number of unbranched alkanes of at least 4 members (excludes halogenated alkanes) is 3. The molecule has 1 aromatic heterocycles. The van der Waals surface area contributed by atoms with Gasteiger partial charge < -0.3 is 10.0 Å². The van der Waals surface area contributed by atoms with Crippen molar-refractivity contribution in [2.45, 2.75) is 52.0 Å². The maximum Gasteiger partial charge on any atom is 0.222 e. The van der Waals surface area contributed by atoms with Crippen molar-refractivity contribution in [3.05, 3.63) is 21.9 Å². The second-order valence-electron chi connectivity index (χ2n) is 5.14. The number of amides is 1. The molecule has 0 aliphatic carbocycles. The summed E-state index contributed by atoms with van der Waals surface area (Å²) in [7, 11) is 1.86. The highest BCUT2D eigenvalue weighted by atomic mass is 32.1. The highest BCUT2D eigenvalue weighted by molar-refractivity contribution is 7.10. The first-order chi connectivity index (χ1) is 10.2. The number of hydrogen-bond acceptors (Lipinski definition) is 3. The summed E-state index contributed by atoms with van der Waals surface area (Å²) in [4.78, 5) is 14.9. The third-order valence-corrected chi connectivity index (χ3v) is 4.11. The van der Waals surface area contributed by atoms with Crippen LogP contribution in [0.1, 0.15) is 55.9 Å². The molecule has 1 heterocycles. The predicted molar refractivity (Wildman–Crippen MR) is 88.1 cm³/mol. The molecule has 0 aromatic carbocycles. The molecule has 1 amide bonds. The van der Waals surface area contributed by atoms with Crippen molar-refractivity contribution >= 4 is 17.2 Å². The molecule has 0 fully saturated rings. The van der Waals surface area contributed by atoms with Crippen LogP contribution in [0.4, 0.5) is 0 Å². The Morgan fingerprint density at radius 2 is 2.19 bits per heavy atom. The predicted octanol–water partition coefficient (Wildman–Crippen LogP) is 3.41. The van der Waals surface area contributed by atoms with Gasteiger partial charge in [0.15, 0.2) is 0 Å². The van der Waals surface area contributed by atoms with Crippen LogP contribution in [0.25, 0.3) is 0 Å². The van der Waals surface area contributed by atoms with E-state index in [1.54, 1.807) is 16.2 Å². The molecule has 0 aliphatic rings. The van der Waals surface area contributed by atoms with E-state index in [2.05, 4.69) is 18.8 Å². The first-order valence-electron chi connectivity index (χ1n) is 7.58. The maximum absolute atomic E-state index is 12.0. The third-order valence-electron chi connectivity index (χ3n) is 3.19. The van der Waals surface area contributed by atoms with Crippen LogP contribution in [0, 0.1) is 11.8 Å². The first-order valence-corrected chi connectivity index (χ1v) is 8.46. The van der Waals surface area contributed by atoms with E-state index in [1.165, 1.54) is 12.8 Å². The molecule has 21 heavy (non-hydrogen) atoms. The molecule has 1 rings (SSSR count). The molecule has 0 bridgehead atoms. The van der Waals surface area contributed by atoms with Crippen molar-refractivity contribution in [3.63, 3.8) is 0 Å². The summed E-state index contributed by atoms with van der Waals surface area (Å²) in [5.41, 5.74) is 0.965. The van der Waals surface area contributed by atoms with Gasteiger partial charge in [-0.15, -0.1) is 11.3 Å². The van der Waals surface area contributed by atoms with Gasteiger partial charge in [0.1, 0.15) is 0 Å². The van der Waals surface area contributed by atoms with E-state index < -0.39 is 0 Å². The van der Waals surface area contributed by atoms with Gasteiger partial charge in [-0.1, -0.05) is 38.0 Å². The number of nitrogens with zero attached hydrogens (tertiary/aromatic N) is 1. The molecule has 1 aromatic rings. The van der Waals surface area contributed by atoms with Crippen LogP contribution < -0.4 is 0 Å². The minimum atomic E-state index is 0.0965. The monoisotopic (exact) mass is 307 g/mol. The lowest BCUT2D eigenvalue weighted by atomic mass is 10.1. The van der Waals surface area contributed by atoms with Gasteiger partial charge in [0.25, 0.3) is 0 Å². The van der Waals surface area contributed by atoms with E-state index >= 15 is 0 Å². The van der Waals surface area contributed by atoms with Crippen molar-refractivity contribution in [3.8, 4) is 11.8 Å². The van der Waals surface area contributed by atoms with Crippen LogP contribution >= 0.6 is 11.3 Å². The molecule has 0 spiro atoms. The van der Waals surface area contributed by atoms with Crippen molar-refractivity contribution in [1.29, 1.82) is 0 Å². The number of aliphatic hydroxyl groups excluding tert-OH is 1. The van der Waals surface area contributed by atoms with E-state index in [1.807, 2.05) is 18.5 Å². The van der Waals surface area contributed by atoms with Gasteiger partial charge in [-0.3, -0.25) is 4.79 Å². The third kappa shape index (κ3) is 7.31. The summed E-state index contributed by atoms with van der Waals surface area (Å²) in [6.45, 7) is 2.92. The molecule has 1 N–H and O–H groups in total. The van der Waals surface area contributed by atoms with E-state index in [9.17, 15) is 4.79 Å². The molecule has 0 unspecified atom stereocenters. The zero-order valence-corrected chi connectivity index (χ0v) is 13.8. The number of thiophene rings is 1.